The molecule has 0 bridgehead atoms. The molecule has 0 aromatic carbocycles. The Bertz CT molecular complexity index is 263. The summed E-state index contributed by atoms with van der Waals surface area (Å²) in [5.41, 5.74) is 0. The van der Waals surface area contributed by atoms with Crippen molar-refractivity contribution in [2.24, 2.45) is 0 Å². The van der Waals surface area contributed by atoms with Crippen LogP contribution in [0, 0.1) is 0 Å². The van der Waals surface area contributed by atoms with E-state index in [1.54, 1.807) is 0 Å². The Hall–Kier alpha value is -0.160. The molecule has 0 aromatic rings. The number of nitrogens with zero attached hydrogens (tertiary/aromatic N) is 2. The van der Waals surface area contributed by atoms with E-state index in [2.05, 4.69) is 9.80 Å². The zero-order chi connectivity index (χ0) is 12.4. The molecule has 0 aliphatic carbocycles. The monoisotopic (exact) mass is 254 g/mol. The van der Waals surface area contributed by atoms with Crippen LogP contribution in [0.3, 0.4) is 0 Å². The SMILES string of the molecule is O[C@H]1CN(C2CCOCC2)C[C@@H]1N1CCCCC1. The van der Waals surface area contributed by atoms with Gasteiger partial charge in [-0.25, -0.2) is 0 Å². The average molecular weight is 254 g/mol. The lowest BCUT2D eigenvalue weighted by Gasteiger charge is -2.34. The second-order valence-corrected chi connectivity index (χ2v) is 6.03. The third-order valence-electron chi connectivity index (χ3n) is 4.85. The maximum absolute atomic E-state index is 10.3. The summed E-state index contributed by atoms with van der Waals surface area (Å²) in [5.74, 6) is 0. The summed E-state index contributed by atoms with van der Waals surface area (Å²) in [6, 6.07) is 1.02. The van der Waals surface area contributed by atoms with Crippen molar-refractivity contribution in [3.05, 3.63) is 0 Å². The van der Waals surface area contributed by atoms with E-state index < -0.39 is 0 Å². The van der Waals surface area contributed by atoms with Crippen LogP contribution in [0.5, 0.6) is 0 Å². The third kappa shape index (κ3) is 2.72. The summed E-state index contributed by atoms with van der Waals surface area (Å²) in [4.78, 5) is 5.03. The fourth-order valence-electron chi connectivity index (χ4n) is 3.76. The van der Waals surface area contributed by atoms with E-state index in [0.29, 0.717) is 12.1 Å². The molecule has 3 rings (SSSR count). The highest BCUT2D eigenvalue weighted by atomic mass is 16.5. The number of aliphatic hydroxyl groups is 1. The summed E-state index contributed by atoms with van der Waals surface area (Å²) >= 11 is 0. The number of aliphatic hydroxyl groups excluding tert-OH is 1. The van der Waals surface area contributed by atoms with Crippen LogP contribution in [0.4, 0.5) is 0 Å². The van der Waals surface area contributed by atoms with Crippen molar-refractivity contribution in [3.8, 4) is 0 Å². The Morgan fingerprint density at radius 2 is 1.61 bits per heavy atom. The second kappa shape index (κ2) is 5.87. The fourth-order valence-corrected chi connectivity index (χ4v) is 3.76. The molecule has 1 N–H and O–H groups in total. The van der Waals surface area contributed by atoms with Gasteiger partial charge in [-0.2, -0.15) is 0 Å². The average Bonchev–Trinajstić information content (AvgIpc) is 2.83. The van der Waals surface area contributed by atoms with Gasteiger partial charge in [-0.3, -0.25) is 9.80 Å². The first-order chi connectivity index (χ1) is 8.84. The van der Waals surface area contributed by atoms with Crippen LogP contribution < -0.4 is 0 Å². The molecule has 0 radical (unpaired) electrons. The summed E-state index contributed by atoms with van der Waals surface area (Å²) < 4.78 is 5.43. The van der Waals surface area contributed by atoms with Crippen LogP contribution in [-0.2, 0) is 4.74 Å². The topological polar surface area (TPSA) is 35.9 Å². The van der Waals surface area contributed by atoms with Gasteiger partial charge in [0.2, 0.25) is 0 Å². The van der Waals surface area contributed by atoms with Gasteiger partial charge in [0, 0.05) is 38.4 Å². The van der Waals surface area contributed by atoms with Gasteiger partial charge in [0.15, 0.2) is 0 Å². The van der Waals surface area contributed by atoms with Crippen LogP contribution in [0.15, 0.2) is 0 Å². The largest absolute Gasteiger partial charge is 0.390 e. The molecule has 104 valence electrons. The van der Waals surface area contributed by atoms with Gasteiger partial charge in [-0.1, -0.05) is 6.42 Å². The van der Waals surface area contributed by atoms with E-state index in [1.807, 2.05) is 0 Å². The van der Waals surface area contributed by atoms with Crippen molar-refractivity contribution in [1.82, 2.24) is 9.80 Å². The Morgan fingerprint density at radius 3 is 2.33 bits per heavy atom. The number of rotatable bonds is 2. The van der Waals surface area contributed by atoms with Gasteiger partial charge in [0.1, 0.15) is 0 Å². The number of piperidine rings is 1. The smallest absolute Gasteiger partial charge is 0.0834 e. The molecule has 0 spiro atoms. The molecule has 3 heterocycles. The molecule has 0 aromatic heterocycles. The molecule has 4 heteroatoms. The molecule has 3 aliphatic heterocycles. The molecular formula is C14H26N2O2. The summed E-state index contributed by atoms with van der Waals surface area (Å²) in [6.45, 7) is 6.08. The van der Waals surface area contributed by atoms with Gasteiger partial charge in [-0.05, 0) is 38.8 Å². The Kier molecular flexibility index (Phi) is 4.19. The van der Waals surface area contributed by atoms with Crippen LogP contribution in [0.2, 0.25) is 0 Å². The Balaban J connectivity index is 1.57. The quantitative estimate of drug-likeness (QED) is 0.787. The minimum atomic E-state index is -0.147. The van der Waals surface area contributed by atoms with E-state index in [0.717, 1.165) is 39.1 Å². The molecule has 0 unspecified atom stereocenters. The summed E-state index contributed by atoms with van der Waals surface area (Å²) in [6.07, 6.45) is 6.11. The van der Waals surface area contributed by atoms with E-state index in [4.69, 9.17) is 4.74 Å². The highest BCUT2D eigenvalue weighted by molar-refractivity contribution is 4.94. The molecule has 0 saturated carbocycles. The summed E-state index contributed by atoms with van der Waals surface area (Å²) in [5, 5.41) is 10.3. The van der Waals surface area contributed by atoms with Gasteiger partial charge < -0.3 is 9.84 Å². The zero-order valence-electron chi connectivity index (χ0n) is 11.3. The molecule has 2 atom stereocenters. The van der Waals surface area contributed by atoms with Crippen LogP contribution in [0.1, 0.15) is 32.1 Å². The minimum absolute atomic E-state index is 0.147. The number of ether oxygens (including phenoxy) is 1. The zero-order valence-corrected chi connectivity index (χ0v) is 11.3. The first-order valence-corrected chi connectivity index (χ1v) is 7.58. The van der Waals surface area contributed by atoms with Crippen molar-refractivity contribution >= 4 is 0 Å². The maximum Gasteiger partial charge on any atom is 0.0834 e. The van der Waals surface area contributed by atoms with Crippen LogP contribution in [-0.4, -0.2) is 72.5 Å². The van der Waals surface area contributed by atoms with Crippen molar-refractivity contribution in [1.29, 1.82) is 0 Å². The third-order valence-corrected chi connectivity index (χ3v) is 4.85. The number of hydrogen-bond donors (Lipinski definition) is 1. The first kappa shape index (κ1) is 12.9. The van der Waals surface area contributed by atoms with Crippen LogP contribution in [0.25, 0.3) is 0 Å². The molecule has 4 nitrogen and oxygen atoms in total. The van der Waals surface area contributed by atoms with Crippen molar-refractivity contribution in [3.63, 3.8) is 0 Å². The fraction of sp³-hybridized carbons (Fsp3) is 1.00. The van der Waals surface area contributed by atoms with E-state index >= 15 is 0 Å². The van der Waals surface area contributed by atoms with E-state index in [1.165, 1.54) is 32.4 Å². The number of likely N-dealkylation sites (tertiary alicyclic amines) is 2. The molecule has 3 saturated heterocycles. The molecular weight excluding hydrogens is 228 g/mol. The molecule has 18 heavy (non-hydrogen) atoms. The predicted molar refractivity (Wildman–Crippen MR) is 70.6 cm³/mol. The number of β-amino-alcohol motifs (C(OH)–C–C–N with tert-alkyl or cyclic N) is 1. The molecule has 3 aliphatic rings. The molecule has 3 fully saturated rings. The van der Waals surface area contributed by atoms with Crippen LogP contribution >= 0.6 is 0 Å². The standard InChI is InChI=1S/C14H26N2O2/c17-14-11-16(12-4-8-18-9-5-12)10-13(14)15-6-2-1-3-7-15/h12-14,17H,1-11H2/t13-,14-/m0/s1. The highest BCUT2D eigenvalue weighted by Crippen LogP contribution is 2.25. The van der Waals surface area contributed by atoms with E-state index in [-0.39, 0.29) is 6.10 Å². The summed E-state index contributed by atoms with van der Waals surface area (Å²) in [7, 11) is 0. The Morgan fingerprint density at radius 1 is 0.889 bits per heavy atom. The normalized spacial score (nSPS) is 37.2. The van der Waals surface area contributed by atoms with Gasteiger partial charge in [0.25, 0.3) is 0 Å². The van der Waals surface area contributed by atoms with Crippen molar-refractivity contribution < 1.29 is 9.84 Å². The Labute approximate surface area is 110 Å². The predicted octanol–water partition coefficient (Wildman–Crippen LogP) is 0.696. The lowest BCUT2D eigenvalue weighted by Crippen LogP contribution is -2.46. The maximum atomic E-state index is 10.3. The van der Waals surface area contributed by atoms with Crippen molar-refractivity contribution in [2.75, 3.05) is 39.4 Å². The lowest BCUT2D eigenvalue weighted by molar-refractivity contribution is 0.0376. The first-order valence-electron chi connectivity index (χ1n) is 7.58. The van der Waals surface area contributed by atoms with E-state index in [9.17, 15) is 5.11 Å². The van der Waals surface area contributed by atoms with Gasteiger partial charge in [0.05, 0.1) is 6.10 Å². The van der Waals surface area contributed by atoms with Gasteiger partial charge >= 0.3 is 0 Å². The highest BCUT2D eigenvalue weighted by Gasteiger charge is 2.38. The van der Waals surface area contributed by atoms with Gasteiger partial charge in [-0.15, -0.1) is 0 Å². The minimum Gasteiger partial charge on any atom is -0.390 e. The molecule has 0 amide bonds. The lowest BCUT2D eigenvalue weighted by atomic mass is 10.1. The number of hydrogen-bond acceptors (Lipinski definition) is 4. The van der Waals surface area contributed by atoms with Crippen molar-refractivity contribution in [2.45, 2.75) is 50.3 Å². The second-order valence-electron chi connectivity index (χ2n) is 6.03.